The van der Waals surface area contributed by atoms with E-state index >= 15 is 0 Å². The number of nitro groups is 1. The van der Waals surface area contributed by atoms with E-state index in [0.717, 1.165) is 31.1 Å². The van der Waals surface area contributed by atoms with Crippen molar-refractivity contribution in [2.24, 2.45) is 5.73 Å². The number of amidine groups is 1. The molecule has 0 bridgehead atoms. The molecule has 3 aromatic rings. The Balaban J connectivity index is 1.61. The maximum atomic E-state index is 13.6. The molecule has 0 aliphatic carbocycles. The summed E-state index contributed by atoms with van der Waals surface area (Å²) in [7, 11) is 0. The lowest BCUT2D eigenvalue weighted by Gasteiger charge is -2.39. The van der Waals surface area contributed by atoms with E-state index in [1.165, 1.54) is 31.4 Å². The predicted octanol–water partition coefficient (Wildman–Crippen LogP) is 5.34. The molecule has 1 aromatic heterocycles. The molecular formula is C28H35N5O3. The number of hydrogen-bond acceptors (Lipinski definition) is 5. The third kappa shape index (κ3) is 5.65. The fraction of sp³-hybridized carbons (Fsp3) is 0.429. The van der Waals surface area contributed by atoms with E-state index in [9.17, 15) is 14.9 Å². The average molecular weight is 490 g/mol. The number of pyridine rings is 1. The van der Waals surface area contributed by atoms with Crippen LogP contribution in [-0.4, -0.2) is 26.9 Å². The maximum absolute atomic E-state index is 13.6. The summed E-state index contributed by atoms with van der Waals surface area (Å²) in [4.78, 5) is 24.6. The van der Waals surface area contributed by atoms with Crippen LogP contribution in [0.4, 0.5) is 5.69 Å². The first-order chi connectivity index (χ1) is 17.2. The molecule has 1 aliphatic heterocycles. The zero-order chi connectivity index (χ0) is 25.9. The van der Waals surface area contributed by atoms with Gasteiger partial charge < -0.3 is 15.6 Å². The molecule has 1 unspecified atom stereocenters. The molecule has 0 radical (unpaired) electrons. The van der Waals surface area contributed by atoms with Crippen molar-refractivity contribution in [1.29, 1.82) is 5.41 Å². The van der Waals surface area contributed by atoms with Crippen LogP contribution in [-0.2, 0) is 6.54 Å². The summed E-state index contributed by atoms with van der Waals surface area (Å²) >= 11 is 0. The number of benzene rings is 2. The van der Waals surface area contributed by atoms with E-state index < -0.39 is 4.92 Å². The molecule has 2 aromatic carbocycles. The van der Waals surface area contributed by atoms with Crippen LogP contribution in [0, 0.1) is 15.5 Å². The van der Waals surface area contributed by atoms with Gasteiger partial charge in [0.2, 0.25) is 0 Å². The SMILES string of the molecule is CC1CCC[C@@](C)(CCCCCn2c(=O)c(-c3cccc(C(=N)N)c3)cc3ccc([N+](=O)[O-])cc32)N1. The first-order valence-electron chi connectivity index (χ1n) is 12.7. The molecule has 0 amide bonds. The van der Waals surface area contributed by atoms with Crippen LogP contribution in [0.5, 0.6) is 0 Å². The topological polar surface area (TPSA) is 127 Å². The van der Waals surface area contributed by atoms with Gasteiger partial charge in [-0.3, -0.25) is 20.3 Å². The van der Waals surface area contributed by atoms with Gasteiger partial charge in [-0.2, -0.15) is 0 Å². The Hall–Kier alpha value is -3.52. The van der Waals surface area contributed by atoms with Crippen LogP contribution in [0.2, 0.25) is 0 Å². The lowest BCUT2D eigenvalue weighted by atomic mass is 9.84. The number of nitrogens with zero attached hydrogens (tertiary/aromatic N) is 2. The van der Waals surface area contributed by atoms with Crippen LogP contribution >= 0.6 is 0 Å². The summed E-state index contributed by atoms with van der Waals surface area (Å²) in [6.45, 7) is 5.03. The molecule has 36 heavy (non-hydrogen) atoms. The molecule has 8 heteroatoms. The number of piperidine rings is 1. The highest BCUT2D eigenvalue weighted by Crippen LogP contribution is 2.28. The molecule has 2 heterocycles. The van der Waals surface area contributed by atoms with Crippen molar-refractivity contribution in [2.75, 3.05) is 0 Å². The number of nitrogen functional groups attached to an aromatic ring is 1. The number of nitrogens with one attached hydrogen (secondary N) is 2. The number of nitrogens with two attached hydrogens (primary N) is 1. The van der Waals surface area contributed by atoms with Gasteiger partial charge in [-0.25, -0.2) is 0 Å². The molecule has 8 nitrogen and oxygen atoms in total. The Morgan fingerprint density at radius 2 is 2.03 bits per heavy atom. The summed E-state index contributed by atoms with van der Waals surface area (Å²) in [6.07, 6.45) is 7.59. The van der Waals surface area contributed by atoms with Crippen molar-refractivity contribution < 1.29 is 4.92 Å². The van der Waals surface area contributed by atoms with Crippen LogP contribution < -0.4 is 16.6 Å². The van der Waals surface area contributed by atoms with E-state index in [-0.39, 0.29) is 22.6 Å². The van der Waals surface area contributed by atoms with Crippen molar-refractivity contribution in [2.45, 2.75) is 76.9 Å². The van der Waals surface area contributed by atoms with Gasteiger partial charge in [0.1, 0.15) is 5.84 Å². The van der Waals surface area contributed by atoms with E-state index in [1.807, 2.05) is 6.07 Å². The summed E-state index contributed by atoms with van der Waals surface area (Å²) in [5.74, 6) is -0.0656. The van der Waals surface area contributed by atoms with Gasteiger partial charge in [-0.05, 0) is 68.7 Å². The lowest BCUT2D eigenvalue weighted by molar-refractivity contribution is -0.384. The normalized spacial score (nSPS) is 19.9. The minimum absolute atomic E-state index is 0.0348. The van der Waals surface area contributed by atoms with Gasteiger partial charge in [-0.1, -0.05) is 37.5 Å². The van der Waals surface area contributed by atoms with Crippen molar-refractivity contribution in [3.05, 3.63) is 74.6 Å². The molecule has 2 atom stereocenters. The summed E-state index contributed by atoms with van der Waals surface area (Å²) in [6, 6.07) is 14.0. The third-order valence-corrected chi connectivity index (χ3v) is 7.35. The number of aryl methyl sites for hydroxylation is 1. The predicted molar refractivity (Wildman–Crippen MR) is 145 cm³/mol. The van der Waals surface area contributed by atoms with Gasteiger partial charge in [0.25, 0.3) is 11.2 Å². The number of fused-ring (bicyclic) bond motifs is 1. The first kappa shape index (κ1) is 25.6. The molecule has 1 saturated heterocycles. The molecule has 4 rings (SSSR count). The van der Waals surface area contributed by atoms with E-state index in [0.29, 0.717) is 34.8 Å². The Morgan fingerprint density at radius 3 is 2.75 bits per heavy atom. The van der Waals surface area contributed by atoms with Gasteiger partial charge in [0.15, 0.2) is 0 Å². The molecule has 0 saturated carbocycles. The van der Waals surface area contributed by atoms with Crippen molar-refractivity contribution in [1.82, 2.24) is 9.88 Å². The quantitative estimate of drug-likeness (QED) is 0.123. The van der Waals surface area contributed by atoms with Gasteiger partial charge in [0.05, 0.1) is 10.4 Å². The summed E-state index contributed by atoms with van der Waals surface area (Å²) < 4.78 is 1.67. The minimum atomic E-state index is -0.433. The van der Waals surface area contributed by atoms with Crippen LogP contribution in [0.25, 0.3) is 22.0 Å². The highest BCUT2D eigenvalue weighted by molar-refractivity contribution is 5.96. The zero-order valence-electron chi connectivity index (χ0n) is 21.0. The fourth-order valence-corrected chi connectivity index (χ4v) is 5.45. The van der Waals surface area contributed by atoms with E-state index in [1.54, 1.807) is 34.9 Å². The highest BCUT2D eigenvalue weighted by Gasteiger charge is 2.28. The van der Waals surface area contributed by atoms with Gasteiger partial charge in [-0.15, -0.1) is 0 Å². The van der Waals surface area contributed by atoms with Gasteiger partial charge >= 0.3 is 0 Å². The summed E-state index contributed by atoms with van der Waals surface area (Å²) in [5.41, 5.74) is 7.87. The molecule has 190 valence electrons. The largest absolute Gasteiger partial charge is 0.384 e. The maximum Gasteiger partial charge on any atom is 0.271 e. The molecular weight excluding hydrogens is 454 g/mol. The fourth-order valence-electron chi connectivity index (χ4n) is 5.45. The Labute approximate surface area is 211 Å². The number of nitro benzene ring substituents is 1. The standard InChI is InChI=1S/C28H35N5O3/c1-19-8-7-14-28(2,31-19)13-4-3-5-15-32-25-18-23(33(35)36)12-11-21(25)17-24(27(32)34)20-9-6-10-22(16-20)26(29)30/h6,9-12,16-19,31H,3-5,7-8,13-15H2,1-2H3,(H3,29,30)/t19?,28-/m1/s1. The van der Waals surface area contributed by atoms with Crippen molar-refractivity contribution >= 4 is 22.4 Å². The number of rotatable bonds is 9. The van der Waals surface area contributed by atoms with Crippen molar-refractivity contribution in [3.8, 4) is 11.1 Å². The van der Waals surface area contributed by atoms with Crippen LogP contribution in [0.1, 0.15) is 64.4 Å². The van der Waals surface area contributed by atoms with E-state index in [4.69, 9.17) is 11.1 Å². The van der Waals surface area contributed by atoms with Gasteiger partial charge in [0, 0.05) is 41.4 Å². The Kier molecular flexibility index (Phi) is 7.54. The zero-order valence-corrected chi connectivity index (χ0v) is 21.0. The molecule has 0 spiro atoms. The van der Waals surface area contributed by atoms with E-state index in [2.05, 4.69) is 19.2 Å². The lowest BCUT2D eigenvalue weighted by Crippen LogP contribution is -2.50. The average Bonchev–Trinajstić information content (AvgIpc) is 2.84. The Bertz CT molecular complexity index is 1350. The second-order valence-electron chi connectivity index (χ2n) is 10.3. The Morgan fingerprint density at radius 1 is 1.22 bits per heavy atom. The number of aromatic nitrogens is 1. The first-order valence-corrected chi connectivity index (χ1v) is 12.7. The molecule has 1 fully saturated rings. The van der Waals surface area contributed by atoms with Crippen LogP contribution in [0.3, 0.4) is 0 Å². The third-order valence-electron chi connectivity index (χ3n) is 7.35. The smallest absolute Gasteiger partial charge is 0.271 e. The second-order valence-corrected chi connectivity index (χ2v) is 10.3. The minimum Gasteiger partial charge on any atom is -0.384 e. The number of unbranched alkanes of at least 4 members (excludes halogenated alkanes) is 2. The second kappa shape index (κ2) is 10.6. The molecule has 4 N–H and O–H groups in total. The summed E-state index contributed by atoms with van der Waals surface area (Å²) in [5, 5.41) is 23.7. The monoisotopic (exact) mass is 489 g/mol. The van der Waals surface area contributed by atoms with Crippen molar-refractivity contribution in [3.63, 3.8) is 0 Å². The number of hydrogen-bond donors (Lipinski definition) is 3. The molecule has 1 aliphatic rings. The highest BCUT2D eigenvalue weighted by atomic mass is 16.6. The number of non-ortho nitro benzene ring substituents is 1. The van der Waals surface area contributed by atoms with Crippen LogP contribution in [0.15, 0.2) is 53.3 Å².